The highest BCUT2D eigenvalue weighted by atomic mass is 35.5. The largest absolute Gasteiger partial charge is 0.497 e. The van der Waals surface area contributed by atoms with Crippen molar-refractivity contribution < 1.29 is 27.2 Å². The number of benzene rings is 3. The highest BCUT2D eigenvalue weighted by Crippen LogP contribution is 2.24. The van der Waals surface area contributed by atoms with E-state index < -0.39 is 21.8 Å². The van der Waals surface area contributed by atoms with Crippen molar-refractivity contribution in [2.24, 2.45) is 5.10 Å². The van der Waals surface area contributed by atoms with E-state index in [9.17, 15) is 18.0 Å². The zero-order valence-electron chi connectivity index (χ0n) is 21.6. The van der Waals surface area contributed by atoms with E-state index in [-0.39, 0.29) is 23.7 Å². The molecule has 0 aliphatic carbocycles. The fourth-order valence-electron chi connectivity index (χ4n) is 3.59. The first-order valence-electron chi connectivity index (χ1n) is 12.0. The second kappa shape index (κ2) is 13.5. The lowest BCUT2D eigenvalue weighted by molar-refractivity contribution is -0.136. The molecule has 2 amide bonds. The SMILES string of the molecule is COc1cccc(NC(=O)C(=O)N/N=C/c2ccc(CN(Cc3ccc(Cl)cc3)S(=O)(=O)c3ccc(Cl)cc3)o2)c1. The summed E-state index contributed by atoms with van der Waals surface area (Å²) in [5.41, 5.74) is 3.21. The molecular formula is C28H24Cl2N4O6S. The third-order valence-corrected chi connectivity index (χ3v) is 7.94. The molecule has 13 heteroatoms. The molecule has 2 N–H and O–H groups in total. The van der Waals surface area contributed by atoms with Gasteiger partial charge >= 0.3 is 11.8 Å². The Hall–Kier alpha value is -4.16. The molecule has 0 saturated heterocycles. The van der Waals surface area contributed by atoms with Crippen LogP contribution in [0.2, 0.25) is 10.0 Å². The Morgan fingerprint density at radius 1 is 0.927 bits per heavy atom. The lowest BCUT2D eigenvalue weighted by Crippen LogP contribution is -2.32. The van der Waals surface area contributed by atoms with Crippen LogP contribution in [0.25, 0.3) is 0 Å². The van der Waals surface area contributed by atoms with Gasteiger partial charge in [-0.25, -0.2) is 13.8 Å². The summed E-state index contributed by atoms with van der Waals surface area (Å²) < 4.78 is 39.1. The number of furan rings is 1. The van der Waals surface area contributed by atoms with Gasteiger partial charge in [-0.1, -0.05) is 41.4 Å². The second-order valence-corrected chi connectivity index (χ2v) is 11.4. The molecule has 0 spiro atoms. The van der Waals surface area contributed by atoms with Crippen molar-refractivity contribution in [1.29, 1.82) is 0 Å². The summed E-state index contributed by atoms with van der Waals surface area (Å²) in [6.07, 6.45) is 1.19. The van der Waals surface area contributed by atoms with Crippen molar-refractivity contribution >= 4 is 56.9 Å². The molecule has 4 aromatic rings. The minimum Gasteiger partial charge on any atom is -0.497 e. The van der Waals surface area contributed by atoms with Gasteiger partial charge in [0.15, 0.2) is 0 Å². The Labute approximate surface area is 246 Å². The van der Waals surface area contributed by atoms with Gasteiger partial charge in [-0.15, -0.1) is 0 Å². The molecule has 0 saturated carbocycles. The molecule has 0 aliphatic rings. The number of carbonyl (C=O) groups is 2. The molecule has 0 fully saturated rings. The number of anilines is 1. The Morgan fingerprint density at radius 2 is 1.61 bits per heavy atom. The molecular weight excluding hydrogens is 591 g/mol. The van der Waals surface area contributed by atoms with Crippen molar-refractivity contribution in [2.45, 2.75) is 18.0 Å². The third kappa shape index (κ3) is 8.18. The van der Waals surface area contributed by atoms with Crippen LogP contribution in [-0.4, -0.2) is 37.9 Å². The van der Waals surface area contributed by atoms with E-state index in [1.807, 2.05) is 0 Å². The first-order valence-corrected chi connectivity index (χ1v) is 14.2. The van der Waals surface area contributed by atoms with Gasteiger partial charge in [0.2, 0.25) is 10.0 Å². The maximum Gasteiger partial charge on any atom is 0.329 e. The zero-order valence-corrected chi connectivity index (χ0v) is 23.9. The number of halogens is 2. The Bertz CT molecular complexity index is 1660. The van der Waals surface area contributed by atoms with E-state index in [1.54, 1.807) is 60.7 Å². The normalized spacial score (nSPS) is 11.5. The van der Waals surface area contributed by atoms with Gasteiger partial charge in [0.25, 0.3) is 0 Å². The number of nitrogens with one attached hydrogen (secondary N) is 2. The van der Waals surface area contributed by atoms with E-state index in [2.05, 4.69) is 15.8 Å². The van der Waals surface area contributed by atoms with Crippen molar-refractivity contribution in [3.05, 3.63) is 112 Å². The van der Waals surface area contributed by atoms with Crippen LogP contribution in [0.4, 0.5) is 5.69 Å². The first-order chi connectivity index (χ1) is 19.6. The number of methoxy groups -OCH3 is 1. The van der Waals surface area contributed by atoms with Gasteiger partial charge in [-0.3, -0.25) is 9.59 Å². The van der Waals surface area contributed by atoms with Gasteiger partial charge in [0.05, 0.1) is 24.8 Å². The van der Waals surface area contributed by atoms with Gasteiger partial charge in [-0.05, 0) is 66.2 Å². The minimum atomic E-state index is -3.94. The molecule has 212 valence electrons. The van der Waals surface area contributed by atoms with Gasteiger partial charge in [-0.2, -0.15) is 9.41 Å². The van der Waals surface area contributed by atoms with Crippen molar-refractivity contribution in [2.75, 3.05) is 12.4 Å². The molecule has 1 aromatic heterocycles. The van der Waals surface area contributed by atoms with Crippen LogP contribution in [0, 0.1) is 0 Å². The van der Waals surface area contributed by atoms with Gasteiger partial charge in [0.1, 0.15) is 17.3 Å². The molecule has 0 bridgehead atoms. The Kier molecular flexibility index (Phi) is 9.79. The summed E-state index contributed by atoms with van der Waals surface area (Å²) in [7, 11) is -2.46. The predicted octanol–water partition coefficient (Wildman–Crippen LogP) is 5.07. The highest BCUT2D eigenvalue weighted by molar-refractivity contribution is 7.89. The smallest absolute Gasteiger partial charge is 0.329 e. The number of sulfonamides is 1. The van der Waals surface area contributed by atoms with Crippen LogP contribution >= 0.6 is 23.2 Å². The number of amides is 2. The quantitative estimate of drug-likeness (QED) is 0.146. The van der Waals surface area contributed by atoms with Crippen molar-refractivity contribution in [3.63, 3.8) is 0 Å². The molecule has 4 rings (SSSR count). The molecule has 3 aromatic carbocycles. The highest BCUT2D eigenvalue weighted by Gasteiger charge is 2.26. The van der Waals surface area contributed by atoms with E-state index in [0.717, 1.165) is 5.56 Å². The molecule has 0 unspecified atom stereocenters. The standard InChI is InChI=1S/C28H24Cl2N4O6S/c1-39-23-4-2-3-22(15-23)32-27(35)28(36)33-31-16-24-11-12-25(40-24)18-34(17-19-5-7-20(29)8-6-19)41(37,38)26-13-9-21(30)10-14-26/h2-16H,17-18H2,1H3,(H,32,35)(H,33,36)/b31-16+. The van der Waals surface area contributed by atoms with Crippen LogP contribution < -0.4 is 15.5 Å². The molecule has 41 heavy (non-hydrogen) atoms. The van der Waals surface area contributed by atoms with E-state index in [0.29, 0.717) is 27.2 Å². The van der Waals surface area contributed by atoms with Crippen LogP contribution in [0.15, 0.2) is 99.3 Å². The molecule has 1 heterocycles. The van der Waals surface area contributed by atoms with Crippen LogP contribution in [0.1, 0.15) is 17.1 Å². The fraction of sp³-hybridized carbons (Fsp3) is 0.107. The summed E-state index contributed by atoms with van der Waals surface area (Å²) in [5.74, 6) is -0.869. The molecule has 0 aliphatic heterocycles. The first kappa shape index (κ1) is 29.8. The maximum absolute atomic E-state index is 13.5. The number of rotatable bonds is 10. The van der Waals surface area contributed by atoms with Gasteiger partial charge in [0, 0.05) is 28.3 Å². The van der Waals surface area contributed by atoms with E-state index in [4.69, 9.17) is 32.4 Å². The van der Waals surface area contributed by atoms with E-state index >= 15 is 0 Å². The predicted molar refractivity (Wildman–Crippen MR) is 155 cm³/mol. The topological polar surface area (TPSA) is 130 Å². The number of ether oxygens (including phenoxy) is 1. The summed E-state index contributed by atoms with van der Waals surface area (Å²) in [5, 5.41) is 7.13. The maximum atomic E-state index is 13.5. The third-order valence-electron chi connectivity index (χ3n) is 5.63. The number of hydrogen-bond donors (Lipinski definition) is 2. The second-order valence-electron chi connectivity index (χ2n) is 8.54. The van der Waals surface area contributed by atoms with Crippen LogP contribution in [0.3, 0.4) is 0 Å². The molecule has 10 nitrogen and oxygen atoms in total. The molecule has 0 atom stereocenters. The summed E-state index contributed by atoms with van der Waals surface area (Å²) in [6, 6.07) is 22.4. The van der Waals surface area contributed by atoms with Crippen LogP contribution in [0.5, 0.6) is 5.75 Å². The average Bonchev–Trinajstić information content (AvgIpc) is 3.41. The van der Waals surface area contributed by atoms with Crippen molar-refractivity contribution in [3.8, 4) is 5.75 Å². The average molecular weight is 615 g/mol. The zero-order chi connectivity index (χ0) is 29.4. The lowest BCUT2D eigenvalue weighted by Gasteiger charge is -2.21. The number of nitrogens with zero attached hydrogens (tertiary/aromatic N) is 2. The minimum absolute atomic E-state index is 0.0463. The lowest BCUT2D eigenvalue weighted by atomic mass is 10.2. The Morgan fingerprint density at radius 3 is 2.29 bits per heavy atom. The number of hydrogen-bond acceptors (Lipinski definition) is 7. The Balaban J connectivity index is 1.43. The number of hydrazone groups is 1. The molecule has 0 radical (unpaired) electrons. The summed E-state index contributed by atoms with van der Waals surface area (Å²) in [4.78, 5) is 24.3. The number of carbonyl (C=O) groups excluding carboxylic acids is 2. The summed E-state index contributed by atoms with van der Waals surface area (Å²) >= 11 is 11.9. The monoisotopic (exact) mass is 614 g/mol. The fourth-order valence-corrected chi connectivity index (χ4v) is 5.24. The van der Waals surface area contributed by atoms with Crippen molar-refractivity contribution in [1.82, 2.24) is 9.73 Å². The summed E-state index contributed by atoms with van der Waals surface area (Å²) in [6.45, 7) is -0.0541. The van der Waals surface area contributed by atoms with Crippen LogP contribution in [-0.2, 0) is 32.7 Å². The van der Waals surface area contributed by atoms with Gasteiger partial charge < -0.3 is 14.5 Å². The van der Waals surface area contributed by atoms with E-state index in [1.165, 1.54) is 41.9 Å².